The van der Waals surface area contributed by atoms with Crippen molar-refractivity contribution >= 4 is 29.9 Å². The average molecular weight is 484 g/mol. The van der Waals surface area contributed by atoms with Gasteiger partial charge in [0, 0.05) is 32.4 Å². The Labute approximate surface area is 178 Å². The van der Waals surface area contributed by atoms with E-state index in [2.05, 4.69) is 22.5 Å². The van der Waals surface area contributed by atoms with Gasteiger partial charge in [0.2, 0.25) is 5.56 Å². The first kappa shape index (κ1) is 23.0. The standard InChI is InChI=1S/C20H28N4O2.HI/c1-17-8-10-18(11-9-17)26-16-13-23-20(21-2)22-12-4-6-15-24-14-5-3-7-19(24)25;/h3,5,7-11,14H,4,6,12-13,15-16H2,1-2H3,(H2,21,22,23);1H. The summed E-state index contributed by atoms with van der Waals surface area (Å²) in [5.74, 6) is 1.63. The van der Waals surface area contributed by atoms with Crippen LogP contribution in [-0.2, 0) is 6.54 Å². The molecule has 0 radical (unpaired) electrons. The van der Waals surface area contributed by atoms with E-state index >= 15 is 0 Å². The lowest BCUT2D eigenvalue weighted by Gasteiger charge is -2.12. The van der Waals surface area contributed by atoms with Crippen LogP contribution in [0.2, 0.25) is 0 Å². The van der Waals surface area contributed by atoms with E-state index in [0.717, 1.165) is 37.6 Å². The molecule has 0 spiro atoms. The second-order valence-corrected chi connectivity index (χ2v) is 6.03. The zero-order chi connectivity index (χ0) is 18.6. The van der Waals surface area contributed by atoms with E-state index in [1.807, 2.05) is 36.5 Å². The lowest BCUT2D eigenvalue weighted by Crippen LogP contribution is -2.39. The molecule has 7 heteroatoms. The lowest BCUT2D eigenvalue weighted by atomic mass is 10.2. The first-order valence-electron chi connectivity index (χ1n) is 8.98. The first-order valence-corrected chi connectivity index (χ1v) is 8.98. The van der Waals surface area contributed by atoms with E-state index in [-0.39, 0.29) is 29.5 Å². The molecule has 0 fully saturated rings. The van der Waals surface area contributed by atoms with Crippen molar-refractivity contribution in [2.45, 2.75) is 26.3 Å². The van der Waals surface area contributed by atoms with Crippen molar-refractivity contribution in [2.24, 2.45) is 4.99 Å². The molecule has 2 aromatic rings. The van der Waals surface area contributed by atoms with Gasteiger partial charge in [-0.2, -0.15) is 0 Å². The number of halogens is 1. The monoisotopic (exact) mass is 484 g/mol. The Hall–Kier alpha value is -2.03. The van der Waals surface area contributed by atoms with Crippen molar-refractivity contribution < 1.29 is 4.74 Å². The van der Waals surface area contributed by atoms with Gasteiger partial charge in [0.25, 0.3) is 0 Å². The Morgan fingerprint density at radius 1 is 1.07 bits per heavy atom. The molecule has 0 aliphatic carbocycles. The Morgan fingerprint density at radius 2 is 1.81 bits per heavy atom. The van der Waals surface area contributed by atoms with E-state index in [1.165, 1.54) is 5.56 Å². The summed E-state index contributed by atoms with van der Waals surface area (Å²) < 4.78 is 7.41. The van der Waals surface area contributed by atoms with Crippen LogP contribution < -0.4 is 20.9 Å². The van der Waals surface area contributed by atoms with Gasteiger partial charge in [0.05, 0.1) is 6.54 Å². The van der Waals surface area contributed by atoms with E-state index in [1.54, 1.807) is 23.7 Å². The third kappa shape index (κ3) is 8.94. The van der Waals surface area contributed by atoms with E-state index in [0.29, 0.717) is 13.2 Å². The van der Waals surface area contributed by atoms with Gasteiger partial charge in [-0.1, -0.05) is 23.8 Å². The molecule has 0 bridgehead atoms. The summed E-state index contributed by atoms with van der Waals surface area (Å²) >= 11 is 0. The number of aliphatic imine (C=N–C) groups is 1. The number of nitrogens with one attached hydrogen (secondary N) is 2. The number of pyridine rings is 1. The third-order valence-electron chi connectivity index (χ3n) is 3.93. The summed E-state index contributed by atoms with van der Waals surface area (Å²) in [5, 5.41) is 6.50. The van der Waals surface area contributed by atoms with Crippen molar-refractivity contribution in [3.63, 3.8) is 0 Å². The number of ether oxygens (including phenoxy) is 1. The van der Waals surface area contributed by atoms with Gasteiger partial charge in [0.1, 0.15) is 12.4 Å². The maximum absolute atomic E-state index is 11.6. The molecule has 27 heavy (non-hydrogen) atoms. The Morgan fingerprint density at radius 3 is 2.52 bits per heavy atom. The van der Waals surface area contributed by atoms with Gasteiger partial charge in [-0.05, 0) is 38.0 Å². The molecule has 0 atom stereocenters. The second-order valence-electron chi connectivity index (χ2n) is 6.03. The number of hydrogen-bond donors (Lipinski definition) is 2. The van der Waals surface area contributed by atoms with Crippen molar-refractivity contribution in [2.75, 3.05) is 26.7 Å². The Kier molecular flexibility index (Phi) is 11.2. The minimum atomic E-state index is 0. The quantitative estimate of drug-likeness (QED) is 0.249. The lowest BCUT2D eigenvalue weighted by molar-refractivity contribution is 0.322. The number of aromatic nitrogens is 1. The minimum absolute atomic E-state index is 0. The van der Waals surface area contributed by atoms with Crippen LogP contribution in [0.4, 0.5) is 0 Å². The maximum atomic E-state index is 11.6. The fourth-order valence-electron chi connectivity index (χ4n) is 2.45. The van der Waals surface area contributed by atoms with Crippen LogP contribution in [0.25, 0.3) is 0 Å². The van der Waals surface area contributed by atoms with E-state index in [9.17, 15) is 4.79 Å². The molecule has 1 aromatic heterocycles. The fourth-order valence-corrected chi connectivity index (χ4v) is 2.45. The van der Waals surface area contributed by atoms with Crippen molar-refractivity contribution in [1.29, 1.82) is 0 Å². The molecule has 148 valence electrons. The molecule has 2 N–H and O–H groups in total. The summed E-state index contributed by atoms with van der Waals surface area (Å²) in [4.78, 5) is 15.8. The average Bonchev–Trinajstić information content (AvgIpc) is 2.66. The number of aryl methyl sites for hydroxylation is 2. The van der Waals surface area contributed by atoms with Gasteiger partial charge < -0.3 is 19.9 Å². The van der Waals surface area contributed by atoms with Gasteiger partial charge in [-0.15, -0.1) is 24.0 Å². The zero-order valence-corrected chi connectivity index (χ0v) is 18.3. The fraction of sp³-hybridized carbons (Fsp3) is 0.400. The van der Waals surface area contributed by atoms with Crippen LogP contribution in [0.5, 0.6) is 5.75 Å². The van der Waals surface area contributed by atoms with Crippen LogP contribution >= 0.6 is 24.0 Å². The van der Waals surface area contributed by atoms with E-state index < -0.39 is 0 Å². The molecule has 0 amide bonds. The van der Waals surface area contributed by atoms with Crippen molar-refractivity contribution in [1.82, 2.24) is 15.2 Å². The maximum Gasteiger partial charge on any atom is 0.250 e. The highest BCUT2D eigenvalue weighted by atomic mass is 127. The highest BCUT2D eigenvalue weighted by molar-refractivity contribution is 14.0. The number of benzene rings is 1. The van der Waals surface area contributed by atoms with Crippen LogP contribution in [-0.4, -0.2) is 37.3 Å². The second kappa shape index (κ2) is 13.2. The van der Waals surface area contributed by atoms with Crippen molar-refractivity contribution in [3.8, 4) is 5.75 Å². The largest absolute Gasteiger partial charge is 0.492 e. The molecule has 6 nitrogen and oxygen atoms in total. The summed E-state index contributed by atoms with van der Waals surface area (Å²) in [5.41, 5.74) is 1.27. The topological polar surface area (TPSA) is 67.7 Å². The first-order chi connectivity index (χ1) is 12.7. The van der Waals surface area contributed by atoms with Gasteiger partial charge >= 0.3 is 0 Å². The molecule has 1 aromatic carbocycles. The highest BCUT2D eigenvalue weighted by Gasteiger charge is 1.99. The Bertz CT molecular complexity index is 744. The normalized spacial score (nSPS) is 10.8. The summed E-state index contributed by atoms with van der Waals surface area (Å²) in [6.45, 7) is 4.84. The van der Waals surface area contributed by atoms with Gasteiger partial charge in [-0.3, -0.25) is 9.79 Å². The summed E-state index contributed by atoms with van der Waals surface area (Å²) in [6.07, 6.45) is 3.72. The van der Waals surface area contributed by atoms with Crippen LogP contribution in [0.15, 0.2) is 58.4 Å². The number of rotatable bonds is 9. The molecule has 0 aliphatic heterocycles. The van der Waals surface area contributed by atoms with Crippen LogP contribution in [0, 0.1) is 6.92 Å². The number of guanidine groups is 1. The third-order valence-corrected chi connectivity index (χ3v) is 3.93. The van der Waals surface area contributed by atoms with Crippen LogP contribution in [0.3, 0.4) is 0 Å². The molecule has 0 unspecified atom stereocenters. The number of nitrogens with zero attached hydrogens (tertiary/aromatic N) is 2. The van der Waals surface area contributed by atoms with Crippen molar-refractivity contribution in [3.05, 3.63) is 64.6 Å². The van der Waals surface area contributed by atoms with Gasteiger partial charge in [0.15, 0.2) is 5.96 Å². The minimum Gasteiger partial charge on any atom is -0.492 e. The molecular formula is C20H29IN4O2. The number of unbranched alkanes of at least 4 members (excludes halogenated alkanes) is 1. The van der Waals surface area contributed by atoms with Crippen LogP contribution in [0.1, 0.15) is 18.4 Å². The predicted molar refractivity (Wildman–Crippen MR) is 121 cm³/mol. The molecule has 0 saturated carbocycles. The SMILES string of the molecule is CN=C(NCCCCn1ccccc1=O)NCCOc1ccc(C)cc1.I. The summed E-state index contributed by atoms with van der Waals surface area (Å²) in [6, 6.07) is 13.2. The summed E-state index contributed by atoms with van der Waals surface area (Å²) in [7, 11) is 1.75. The smallest absolute Gasteiger partial charge is 0.250 e. The zero-order valence-electron chi connectivity index (χ0n) is 16.0. The molecule has 2 rings (SSSR count). The molecular weight excluding hydrogens is 455 g/mol. The van der Waals surface area contributed by atoms with Gasteiger partial charge in [-0.25, -0.2) is 0 Å². The molecule has 0 aliphatic rings. The highest BCUT2D eigenvalue weighted by Crippen LogP contribution is 2.10. The van der Waals surface area contributed by atoms with E-state index in [4.69, 9.17) is 4.74 Å². The molecule has 0 saturated heterocycles. The molecule has 1 heterocycles. The predicted octanol–water partition coefficient (Wildman–Crippen LogP) is 2.80. The number of hydrogen-bond acceptors (Lipinski definition) is 3. The Balaban J connectivity index is 0.00000364.